The Morgan fingerprint density at radius 2 is 2.06 bits per heavy atom. The zero-order valence-corrected chi connectivity index (χ0v) is 30.5. The highest BCUT2D eigenvalue weighted by Gasteiger charge is 2.51. The molecule has 9 rings (SSSR count). The maximum absolute atomic E-state index is 17.2. The van der Waals surface area contributed by atoms with Gasteiger partial charge in [0.15, 0.2) is 5.82 Å². The van der Waals surface area contributed by atoms with Crippen LogP contribution in [0.3, 0.4) is 0 Å². The first-order valence-corrected chi connectivity index (χ1v) is 18.8. The minimum Gasteiger partial charge on any atom is -0.461 e. The Balaban J connectivity index is 1.17. The van der Waals surface area contributed by atoms with E-state index in [9.17, 15) is 18.8 Å². The number of benzene rings is 2. The van der Waals surface area contributed by atoms with Gasteiger partial charge in [0.1, 0.15) is 47.3 Å². The van der Waals surface area contributed by atoms with E-state index in [4.69, 9.17) is 38.7 Å². The van der Waals surface area contributed by atoms with Gasteiger partial charge in [-0.15, -0.1) is 16.4 Å². The number of nitrogen functional groups attached to an aromatic ring is 1. The van der Waals surface area contributed by atoms with E-state index in [2.05, 4.69) is 20.0 Å². The van der Waals surface area contributed by atoms with E-state index in [0.717, 1.165) is 35.4 Å². The van der Waals surface area contributed by atoms with Crippen LogP contribution in [0, 0.1) is 28.9 Å². The zero-order valence-electron chi connectivity index (χ0n) is 28.2. The molecule has 7 heterocycles. The van der Waals surface area contributed by atoms with Crippen molar-refractivity contribution in [2.75, 3.05) is 43.4 Å². The van der Waals surface area contributed by atoms with Gasteiger partial charge in [0.05, 0.1) is 26.9 Å². The Morgan fingerprint density at radius 1 is 1.23 bits per heavy atom. The number of hydrogen-bond donors (Lipinski definition) is 1. The summed E-state index contributed by atoms with van der Waals surface area (Å²) in [6.07, 6.45) is 2.99. The predicted molar refractivity (Wildman–Crippen MR) is 194 cm³/mol. The number of thiophene rings is 1. The van der Waals surface area contributed by atoms with Crippen molar-refractivity contribution in [3.63, 3.8) is 0 Å². The molecule has 274 valence electrons. The van der Waals surface area contributed by atoms with Crippen LogP contribution in [0.25, 0.3) is 32.1 Å². The highest BCUT2D eigenvalue weighted by Crippen LogP contribution is 2.48. The first kappa shape index (κ1) is 34.3. The summed E-state index contributed by atoms with van der Waals surface area (Å²) in [5.74, 6) is -1.01. The van der Waals surface area contributed by atoms with E-state index in [1.165, 1.54) is 18.5 Å². The van der Waals surface area contributed by atoms with E-state index < -0.39 is 23.3 Å². The first-order valence-electron chi connectivity index (χ1n) is 17.3. The van der Waals surface area contributed by atoms with Crippen LogP contribution in [0.5, 0.6) is 6.01 Å². The van der Waals surface area contributed by atoms with Gasteiger partial charge in [-0.2, -0.15) is 19.9 Å². The van der Waals surface area contributed by atoms with Crippen molar-refractivity contribution >= 4 is 72.4 Å². The van der Waals surface area contributed by atoms with Gasteiger partial charge in [-0.3, -0.25) is 4.90 Å². The number of nitrogens with zero attached hydrogens (tertiary/aromatic N) is 9. The molecule has 0 radical (unpaired) electrons. The Morgan fingerprint density at radius 3 is 2.83 bits per heavy atom. The topological polar surface area (TPSA) is 142 Å². The lowest BCUT2D eigenvalue weighted by Crippen LogP contribution is -2.43. The van der Waals surface area contributed by atoms with Crippen molar-refractivity contribution < 1.29 is 22.7 Å². The van der Waals surface area contributed by atoms with Crippen LogP contribution < -0.4 is 15.4 Å². The highest BCUT2D eigenvalue weighted by molar-refractivity contribution is 7.23. The number of ether oxygens (including phenoxy) is 1. The molecule has 18 heteroatoms. The van der Waals surface area contributed by atoms with Crippen LogP contribution in [0.4, 0.5) is 28.8 Å². The molecule has 0 spiro atoms. The van der Waals surface area contributed by atoms with Crippen LogP contribution >= 0.6 is 34.5 Å². The van der Waals surface area contributed by atoms with Crippen LogP contribution in [-0.4, -0.2) is 97.1 Å². The molecule has 1 amide bonds. The molecule has 2 N–H and O–H groups in total. The molecule has 0 bridgehead atoms. The molecule has 4 saturated heterocycles. The monoisotopic (exact) mass is 782 g/mol. The number of amides is 1. The SMILES string of the molecule is CC1C2CCN(c3nc(OC[C@@]45CCCN4C[C@H](F)C5)nc4c(F)c(-c5ccc(F)c6sc(N)c(C#N)c56)c(Cl)cc34)C2CN1C(=O)n1cnc(Cl)n1. The van der Waals surface area contributed by atoms with Crippen LogP contribution in [0.15, 0.2) is 24.5 Å². The number of anilines is 2. The normalized spacial score (nSPS) is 25.5. The van der Waals surface area contributed by atoms with Gasteiger partial charge in [-0.1, -0.05) is 17.7 Å². The third-order valence-electron chi connectivity index (χ3n) is 11.5. The molecule has 53 heavy (non-hydrogen) atoms. The minimum atomic E-state index is -0.976. The van der Waals surface area contributed by atoms with Gasteiger partial charge >= 0.3 is 12.0 Å². The second kappa shape index (κ2) is 12.6. The van der Waals surface area contributed by atoms with Gasteiger partial charge < -0.3 is 20.3 Å². The number of rotatable bonds is 5. The summed E-state index contributed by atoms with van der Waals surface area (Å²) in [6, 6.07) is 5.31. The van der Waals surface area contributed by atoms with Crippen molar-refractivity contribution in [1.29, 1.82) is 5.26 Å². The number of halogens is 5. The molecule has 4 fully saturated rings. The summed E-state index contributed by atoms with van der Waals surface area (Å²) in [5.41, 5.74) is 5.61. The van der Waals surface area contributed by atoms with E-state index in [0.29, 0.717) is 43.7 Å². The molecular formula is C35H31Cl2F3N10O2S. The largest absolute Gasteiger partial charge is 0.461 e. The number of carbonyl (C=O) groups excluding carboxylic acids is 1. The van der Waals surface area contributed by atoms with Gasteiger partial charge in [0.2, 0.25) is 5.28 Å². The number of hydrogen-bond acceptors (Lipinski definition) is 11. The molecule has 3 unspecified atom stereocenters. The molecule has 12 nitrogen and oxygen atoms in total. The number of nitriles is 1. The van der Waals surface area contributed by atoms with Crippen molar-refractivity contribution in [3.8, 4) is 23.2 Å². The number of aromatic nitrogens is 5. The van der Waals surface area contributed by atoms with Crippen LogP contribution in [0.2, 0.25) is 10.3 Å². The molecule has 4 aliphatic rings. The number of carbonyl (C=O) groups is 1. The Labute approximate surface area is 314 Å². The van der Waals surface area contributed by atoms with Crippen molar-refractivity contribution in [2.45, 2.75) is 56.4 Å². The van der Waals surface area contributed by atoms with E-state index in [-0.39, 0.29) is 84.3 Å². The third-order valence-corrected chi connectivity index (χ3v) is 13.0. The van der Waals surface area contributed by atoms with Crippen molar-refractivity contribution in [2.24, 2.45) is 5.92 Å². The summed E-state index contributed by atoms with van der Waals surface area (Å²) >= 11 is 13.7. The highest BCUT2D eigenvalue weighted by atomic mass is 35.5. The number of likely N-dealkylation sites (tertiary alicyclic amines) is 1. The lowest BCUT2D eigenvalue weighted by Gasteiger charge is -2.31. The summed E-state index contributed by atoms with van der Waals surface area (Å²) in [5, 5.41) is 14.4. The Hall–Kier alpha value is -4.43. The van der Waals surface area contributed by atoms with Gasteiger partial charge in [-0.25, -0.2) is 22.9 Å². The van der Waals surface area contributed by atoms with Crippen molar-refractivity contribution in [1.82, 2.24) is 34.5 Å². The molecule has 0 saturated carbocycles. The molecular weight excluding hydrogens is 752 g/mol. The van der Waals surface area contributed by atoms with Crippen LogP contribution in [0.1, 0.15) is 38.2 Å². The minimum absolute atomic E-state index is 0.00841. The van der Waals surface area contributed by atoms with E-state index >= 15 is 4.39 Å². The Kier molecular flexibility index (Phi) is 8.15. The predicted octanol–water partition coefficient (Wildman–Crippen LogP) is 6.66. The van der Waals surface area contributed by atoms with E-state index in [1.54, 1.807) is 11.0 Å². The molecule has 3 aromatic heterocycles. The fourth-order valence-corrected chi connectivity index (χ4v) is 10.5. The average molecular weight is 784 g/mol. The number of nitrogens with two attached hydrogens (primary N) is 1. The molecule has 2 aromatic carbocycles. The first-order chi connectivity index (χ1) is 25.5. The standard InChI is InChI=1S/C35H31Cl2F3N10O2S/c1-16-18-5-8-48(24(18)13-49(16)34(51)50-15-43-32(37)46-50)31-20-9-22(36)26(19-3-4-23(39)29-25(19)21(11-41)30(42)53-29)27(40)28(20)44-33(45-31)52-14-35-6-2-7-47(35)12-17(38)10-35/h3-4,9,15-18,24H,2,5-8,10,12-14,42H2,1H3/t16?,17-,18?,24?,35+/m1/s1. The molecule has 4 aliphatic heterocycles. The number of alkyl halides is 1. The van der Waals surface area contributed by atoms with Gasteiger partial charge in [-0.05, 0) is 62.0 Å². The van der Waals surface area contributed by atoms with E-state index in [1.807, 2.05) is 17.9 Å². The van der Waals surface area contributed by atoms with Gasteiger partial charge in [0, 0.05) is 54.4 Å². The summed E-state index contributed by atoms with van der Waals surface area (Å²) in [4.78, 5) is 32.7. The van der Waals surface area contributed by atoms with Crippen LogP contribution in [-0.2, 0) is 0 Å². The lowest BCUT2D eigenvalue weighted by atomic mass is 9.95. The fourth-order valence-electron chi connectivity index (χ4n) is 9.10. The smallest absolute Gasteiger partial charge is 0.346 e. The molecule has 0 aliphatic carbocycles. The second-order valence-electron chi connectivity index (χ2n) is 14.2. The zero-order chi connectivity index (χ0) is 36.9. The quantitative estimate of drug-likeness (QED) is 0.206. The maximum Gasteiger partial charge on any atom is 0.346 e. The lowest BCUT2D eigenvalue weighted by molar-refractivity contribution is 0.107. The maximum atomic E-state index is 17.2. The van der Waals surface area contributed by atoms with Crippen molar-refractivity contribution in [3.05, 3.63) is 52.0 Å². The average Bonchev–Trinajstić information content (AvgIpc) is 3.97. The third kappa shape index (κ3) is 5.30. The Bertz CT molecular complexity index is 2390. The molecule has 5 atom stereocenters. The summed E-state index contributed by atoms with van der Waals surface area (Å²) < 4.78 is 54.4. The number of fused-ring (bicyclic) bond motifs is 4. The fraction of sp³-hybridized carbons (Fsp3) is 0.429. The molecule has 5 aromatic rings. The van der Waals surface area contributed by atoms with Gasteiger partial charge in [0.25, 0.3) is 0 Å². The summed E-state index contributed by atoms with van der Waals surface area (Å²) in [7, 11) is 0. The second-order valence-corrected chi connectivity index (χ2v) is 16.0. The summed E-state index contributed by atoms with van der Waals surface area (Å²) in [6.45, 7) is 4.05.